The van der Waals surface area contributed by atoms with E-state index in [-0.39, 0.29) is 49.7 Å². The van der Waals surface area contributed by atoms with Crippen LogP contribution in [0.25, 0.3) is 10.9 Å². The summed E-state index contributed by atoms with van der Waals surface area (Å²) in [7, 11) is 0. The standard InChI is InChI=1S/C36H40N6O4/c1-3-18-38-22-28(30-12-8-9-13-31(30)38)23-39-24-33-41(32(35(39)45)20-26-14-16-29(43)17-15-26)34(44)25-40(19-4-2)42(33)36(46)37-21-27-10-6-5-7-11-27/h4-17,22,32-33,43H,2-3,18-21,23-25H2,1H3,(H,37,46)/t32-,33-/m0/s1. The van der Waals surface area contributed by atoms with Crippen molar-refractivity contribution in [2.75, 3.05) is 19.6 Å². The summed E-state index contributed by atoms with van der Waals surface area (Å²) in [6.45, 7) is 7.88. The number of aromatic hydroxyl groups is 1. The Bertz CT molecular complexity index is 1720. The van der Waals surface area contributed by atoms with Crippen molar-refractivity contribution in [3.8, 4) is 5.75 Å². The molecule has 4 aromatic rings. The van der Waals surface area contributed by atoms with Crippen molar-refractivity contribution in [1.82, 2.24) is 29.7 Å². The van der Waals surface area contributed by atoms with Crippen molar-refractivity contribution in [2.24, 2.45) is 0 Å². The lowest BCUT2D eigenvalue weighted by molar-refractivity contribution is -0.189. The van der Waals surface area contributed by atoms with Gasteiger partial charge in [0.05, 0.1) is 13.1 Å². The third-order valence-corrected chi connectivity index (χ3v) is 8.73. The average molecular weight is 621 g/mol. The molecule has 2 atom stereocenters. The summed E-state index contributed by atoms with van der Waals surface area (Å²) in [6.07, 6.45) is 4.27. The van der Waals surface area contributed by atoms with Gasteiger partial charge in [-0.05, 0) is 41.3 Å². The number of amides is 4. The van der Waals surface area contributed by atoms with Crippen LogP contribution >= 0.6 is 0 Å². The molecule has 2 aliphatic heterocycles. The monoisotopic (exact) mass is 620 g/mol. The van der Waals surface area contributed by atoms with Crippen LogP contribution in [0.1, 0.15) is 30.0 Å². The number of rotatable bonds is 10. The number of piperazine rings is 1. The molecule has 6 rings (SSSR count). The van der Waals surface area contributed by atoms with Gasteiger partial charge in [-0.2, -0.15) is 0 Å². The number of urea groups is 1. The van der Waals surface area contributed by atoms with Crippen LogP contribution < -0.4 is 5.32 Å². The van der Waals surface area contributed by atoms with Crippen LogP contribution in [-0.2, 0) is 35.6 Å². The maximum Gasteiger partial charge on any atom is 0.334 e. The van der Waals surface area contributed by atoms with Crippen molar-refractivity contribution >= 4 is 28.7 Å². The second-order valence-corrected chi connectivity index (χ2v) is 11.9. The predicted molar refractivity (Wildman–Crippen MR) is 176 cm³/mol. The number of hydrogen-bond acceptors (Lipinski definition) is 5. The molecule has 0 spiro atoms. The molecule has 2 N–H and O–H groups in total. The summed E-state index contributed by atoms with van der Waals surface area (Å²) in [6, 6.07) is 23.3. The number of nitrogens with one attached hydrogen (secondary N) is 1. The molecule has 3 heterocycles. The molecule has 0 unspecified atom stereocenters. The first-order chi connectivity index (χ1) is 22.4. The lowest BCUT2D eigenvalue weighted by atomic mass is 9.98. The average Bonchev–Trinajstić information content (AvgIpc) is 3.40. The first-order valence-electron chi connectivity index (χ1n) is 15.8. The fourth-order valence-corrected chi connectivity index (χ4v) is 6.63. The number of aromatic nitrogens is 1. The van der Waals surface area contributed by atoms with Crippen molar-refractivity contribution in [3.05, 3.63) is 114 Å². The van der Waals surface area contributed by atoms with Gasteiger partial charge in [0.1, 0.15) is 18.0 Å². The molecule has 2 fully saturated rings. The van der Waals surface area contributed by atoms with Crippen LogP contribution in [0.2, 0.25) is 0 Å². The summed E-state index contributed by atoms with van der Waals surface area (Å²) in [5.41, 5.74) is 3.88. The summed E-state index contributed by atoms with van der Waals surface area (Å²) in [5.74, 6) is -0.279. The first-order valence-corrected chi connectivity index (χ1v) is 15.8. The lowest BCUT2D eigenvalue weighted by Crippen LogP contribution is -2.76. The zero-order chi connectivity index (χ0) is 32.2. The SMILES string of the molecule is C=CCN1CC(=O)N2[C@@H](Cc3ccc(O)cc3)C(=O)N(Cc3cn(CCC)c4ccccc34)C[C@@H]2N1C(=O)NCc1ccccc1. The Hall–Kier alpha value is -5.09. The molecule has 3 aromatic carbocycles. The predicted octanol–water partition coefficient (Wildman–Crippen LogP) is 4.49. The van der Waals surface area contributed by atoms with Gasteiger partial charge in [-0.1, -0.05) is 73.7 Å². The normalized spacial score (nSPS) is 18.6. The molecule has 0 saturated carbocycles. The number of carbonyl (C=O) groups excluding carboxylic acids is 3. The van der Waals surface area contributed by atoms with Crippen LogP contribution in [0.15, 0.2) is 97.7 Å². The van der Waals surface area contributed by atoms with Gasteiger partial charge in [0.2, 0.25) is 11.8 Å². The Kier molecular flexibility index (Phi) is 9.07. The fourth-order valence-electron chi connectivity index (χ4n) is 6.63. The van der Waals surface area contributed by atoms with Crippen LogP contribution in [-0.4, -0.2) is 79.2 Å². The molecule has 238 valence electrons. The summed E-state index contributed by atoms with van der Waals surface area (Å²) in [4.78, 5) is 45.6. The number of phenols is 1. The number of fused-ring (bicyclic) bond motifs is 2. The van der Waals surface area contributed by atoms with Gasteiger partial charge in [-0.25, -0.2) is 14.8 Å². The van der Waals surface area contributed by atoms with Crippen LogP contribution in [0, 0.1) is 0 Å². The van der Waals surface area contributed by atoms with Gasteiger partial charge < -0.3 is 24.8 Å². The number of para-hydroxylation sites is 1. The van der Waals surface area contributed by atoms with Crippen molar-refractivity contribution < 1.29 is 19.5 Å². The van der Waals surface area contributed by atoms with E-state index in [1.807, 2.05) is 42.5 Å². The van der Waals surface area contributed by atoms with E-state index in [9.17, 15) is 19.5 Å². The Morgan fingerprint density at radius 2 is 1.74 bits per heavy atom. The highest BCUT2D eigenvalue weighted by atomic mass is 16.3. The molecule has 0 bridgehead atoms. The highest BCUT2D eigenvalue weighted by Crippen LogP contribution is 2.31. The molecule has 1 aromatic heterocycles. The Morgan fingerprint density at radius 1 is 1.00 bits per heavy atom. The number of hydrogen-bond donors (Lipinski definition) is 2. The van der Waals surface area contributed by atoms with E-state index >= 15 is 0 Å². The minimum Gasteiger partial charge on any atom is -0.508 e. The third-order valence-electron chi connectivity index (χ3n) is 8.73. The Balaban J connectivity index is 1.37. The van der Waals surface area contributed by atoms with Crippen LogP contribution in [0.3, 0.4) is 0 Å². The molecular weight excluding hydrogens is 580 g/mol. The van der Waals surface area contributed by atoms with E-state index in [0.29, 0.717) is 13.1 Å². The highest BCUT2D eigenvalue weighted by molar-refractivity contribution is 5.92. The number of carbonyl (C=O) groups is 3. The molecule has 4 amide bonds. The van der Waals surface area contributed by atoms with Gasteiger partial charge in [-0.3, -0.25) is 9.59 Å². The second-order valence-electron chi connectivity index (χ2n) is 11.9. The molecule has 2 aliphatic rings. The van der Waals surface area contributed by atoms with E-state index in [4.69, 9.17) is 0 Å². The number of nitrogens with zero attached hydrogens (tertiary/aromatic N) is 5. The van der Waals surface area contributed by atoms with E-state index < -0.39 is 12.2 Å². The second kappa shape index (κ2) is 13.5. The maximum atomic E-state index is 14.4. The zero-order valence-corrected chi connectivity index (χ0v) is 26.1. The zero-order valence-electron chi connectivity index (χ0n) is 26.1. The topological polar surface area (TPSA) is 101 Å². The van der Waals surface area contributed by atoms with Crippen molar-refractivity contribution in [3.63, 3.8) is 0 Å². The number of aryl methyl sites for hydroxylation is 1. The minimum absolute atomic E-state index is 0.0643. The highest BCUT2D eigenvalue weighted by Gasteiger charge is 2.51. The molecule has 2 saturated heterocycles. The van der Waals surface area contributed by atoms with E-state index in [1.54, 1.807) is 50.2 Å². The van der Waals surface area contributed by atoms with Crippen molar-refractivity contribution in [2.45, 2.75) is 51.6 Å². The molecule has 10 heteroatoms. The first kappa shape index (κ1) is 30.9. The Labute approximate surface area is 269 Å². The molecular formula is C36H40N6O4. The molecule has 10 nitrogen and oxygen atoms in total. The van der Waals surface area contributed by atoms with Crippen LogP contribution in [0.5, 0.6) is 5.75 Å². The quantitative estimate of drug-likeness (QED) is 0.255. The molecule has 46 heavy (non-hydrogen) atoms. The van der Waals surface area contributed by atoms with Gasteiger partial charge in [0.15, 0.2) is 0 Å². The van der Waals surface area contributed by atoms with E-state index in [2.05, 4.69) is 41.7 Å². The molecule has 0 aliphatic carbocycles. The smallest absolute Gasteiger partial charge is 0.334 e. The van der Waals surface area contributed by atoms with Crippen LogP contribution in [0.4, 0.5) is 4.79 Å². The fraction of sp³-hybridized carbons (Fsp3) is 0.306. The number of phenolic OH excluding ortho intramolecular Hbond substituents is 1. The number of hydrazine groups is 1. The number of benzene rings is 3. The van der Waals surface area contributed by atoms with Gasteiger partial charge in [0, 0.05) is 49.7 Å². The summed E-state index contributed by atoms with van der Waals surface area (Å²) in [5, 5.41) is 17.3. The molecule has 0 radical (unpaired) electrons. The third kappa shape index (κ3) is 6.21. The maximum absolute atomic E-state index is 14.4. The van der Waals surface area contributed by atoms with Gasteiger partial charge in [0.25, 0.3) is 0 Å². The minimum atomic E-state index is -0.838. The van der Waals surface area contributed by atoms with Gasteiger partial charge >= 0.3 is 6.03 Å². The summed E-state index contributed by atoms with van der Waals surface area (Å²) < 4.78 is 2.22. The Morgan fingerprint density at radius 3 is 2.48 bits per heavy atom. The van der Waals surface area contributed by atoms with E-state index in [0.717, 1.165) is 40.6 Å². The summed E-state index contributed by atoms with van der Waals surface area (Å²) >= 11 is 0. The lowest BCUT2D eigenvalue weighted by Gasteiger charge is -2.55. The van der Waals surface area contributed by atoms with Gasteiger partial charge in [-0.15, -0.1) is 6.58 Å². The van der Waals surface area contributed by atoms with E-state index in [1.165, 1.54) is 0 Å². The largest absolute Gasteiger partial charge is 0.508 e. The van der Waals surface area contributed by atoms with Crippen molar-refractivity contribution in [1.29, 1.82) is 0 Å².